The van der Waals surface area contributed by atoms with Gasteiger partial charge in [-0.15, -0.1) is 0 Å². The number of aliphatic hydroxyl groups is 2. The smallest absolute Gasteiger partial charge is 0.342 e. The normalized spacial score (nSPS) is 29.2. The second-order valence-electron chi connectivity index (χ2n) is 6.59. The summed E-state index contributed by atoms with van der Waals surface area (Å²) in [5, 5.41) is 33.2. The number of cyclic esters (lactones) is 1. The number of phenols is 1. The predicted molar refractivity (Wildman–Crippen MR) is 102 cm³/mol. The number of hydrogen-bond donors (Lipinski definition) is 4. The second kappa shape index (κ2) is 8.83. The lowest BCUT2D eigenvalue weighted by atomic mass is 9.99. The van der Waals surface area contributed by atoms with Gasteiger partial charge in [-0.25, -0.2) is 4.79 Å². The van der Waals surface area contributed by atoms with Crippen LogP contribution in [0.5, 0.6) is 5.75 Å². The van der Waals surface area contributed by atoms with Crippen molar-refractivity contribution < 1.29 is 29.6 Å². The molecular formula is C20H25NO6. The summed E-state index contributed by atoms with van der Waals surface area (Å²) in [7, 11) is 1.67. The summed E-state index contributed by atoms with van der Waals surface area (Å²) < 4.78 is 5.44. The number of rotatable bonds is 1. The molecule has 7 heteroatoms. The topological polar surface area (TPSA) is 116 Å². The van der Waals surface area contributed by atoms with Gasteiger partial charge >= 0.3 is 5.97 Å². The number of aliphatic hydroxyl groups excluding tert-OH is 2. The van der Waals surface area contributed by atoms with Crippen molar-refractivity contribution in [2.75, 3.05) is 12.4 Å². The molecular weight excluding hydrogens is 350 g/mol. The third-order valence-electron chi connectivity index (χ3n) is 4.57. The highest BCUT2D eigenvalue weighted by atomic mass is 16.5. The molecule has 0 amide bonds. The molecule has 27 heavy (non-hydrogen) atoms. The maximum Gasteiger partial charge on any atom is 0.342 e. The molecule has 0 fully saturated rings. The summed E-state index contributed by atoms with van der Waals surface area (Å²) in [6.45, 7) is 3.42. The fourth-order valence-electron chi connectivity index (χ4n) is 2.64. The van der Waals surface area contributed by atoms with Crippen molar-refractivity contribution in [1.82, 2.24) is 0 Å². The molecule has 4 atom stereocenters. The maximum atomic E-state index is 12.6. The zero-order valence-electron chi connectivity index (χ0n) is 15.5. The molecule has 7 nitrogen and oxygen atoms in total. The van der Waals surface area contributed by atoms with E-state index in [4.69, 9.17) is 4.74 Å². The molecule has 0 saturated heterocycles. The Morgan fingerprint density at radius 2 is 1.85 bits per heavy atom. The highest BCUT2D eigenvalue weighted by Crippen LogP contribution is 2.29. The van der Waals surface area contributed by atoms with Crippen LogP contribution >= 0.6 is 0 Å². The number of anilines is 1. The van der Waals surface area contributed by atoms with Gasteiger partial charge in [0, 0.05) is 24.7 Å². The third kappa shape index (κ3) is 4.96. The van der Waals surface area contributed by atoms with Gasteiger partial charge in [-0.2, -0.15) is 0 Å². The van der Waals surface area contributed by atoms with Crippen molar-refractivity contribution >= 4 is 23.5 Å². The number of carbonyl (C=O) groups is 2. The van der Waals surface area contributed by atoms with Crippen molar-refractivity contribution in [2.24, 2.45) is 5.92 Å². The minimum atomic E-state index is -1.55. The highest BCUT2D eigenvalue weighted by molar-refractivity contribution is 5.97. The number of benzene rings is 1. The van der Waals surface area contributed by atoms with E-state index in [0.717, 1.165) is 0 Å². The predicted octanol–water partition coefficient (Wildman–Crippen LogP) is 1.88. The van der Waals surface area contributed by atoms with Gasteiger partial charge in [0.25, 0.3) is 0 Å². The van der Waals surface area contributed by atoms with Crippen LogP contribution < -0.4 is 5.32 Å². The molecule has 0 saturated carbocycles. The molecule has 0 spiro atoms. The number of ketones is 1. The van der Waals surface area contributed by atoms with Crippen LogP contribution in [0.2, 0.25) is 0 Å². The van der Waals surface area contributed by atoms with Crippen LogP contribution in [0.15, 0.2) is 30.4 Å². The van der Waals surface area contributed by atoms with E-state index >= 15 is 0 Å². The molecule has 146 valence electrons. The standard InChI is InChI=1S/C20H25NO6/c1-11-7-8-16(23)19(25)15(22)6-4-5-13-9-14(21-3)10-17(24)18(13)20(26)27-12(11)2/h4-5,7-12,15,19,21-22,24-25H,6H2,1-3H3/b5-4+,8-7+. The van der Waals surface area contributed by atoms with Gasteiger partial charge in [-0.1, -0.05) is 25.2 Å². The summed E-state index contributed by atoms with van der Waals surface area (Å²) in [6, 6.07) is 3.07. The average molecular weight is 375 g/mol. The van der Waals surface area contributed by atoms with Crippen molar-refractivity contribution in [3.63, 3.8) is 0 Å². The first-order chi connectivity index (χ1) is 12.7. The quantitative estimate of drug-likeness (QED) is 0.554. The summed E-state index contributed by atoms with van der Waals surface area (Å²) >= 11 is 0. The molecule has 1 heterocycles. The first-order valence-electron chi connectivity index (χ1n) is 8.75. The van der Waals surface area contributed by atoms with E-state index in [9.17, 15) is 24.9 Å². The maximum absolute atomic E-state index is 12.6. The molecule has 1 aromatic rings. The van der Waals surface area contributed by atoms with Crippen molar-refractivity contribution in [1.29, 1.82) is 0 Å². The fraction of sp³-hybridized carbons (Fsp3) is 0.400. The molecule has 0 radical (unpaired) electrons. The largest absolute Gasteiger partial charge is 0.507 e. The zero-order chi connectivity index (χ0) is 20.1. The molecule has 0 aromatic heterocycles. The SMILES string of the molecule is CNc1cc(O)c2c(c1)/C=C/CC(O)C(O)C(=O)/C=C/C(C)C(C)OC2=O. The van der Waals surface area contributed by atoms with Crippen LogP contribution in [0, 0.1) is 5.92 Å². The van der Waals surface area contributed by atoms with Gasteiger partial charge in [-0.05, 0) is 31.1 Å². The molecule has 1 aliphatic rings. The Balaban J connectivity index is 2.50. The van der Waals surface area contributed by atoms with Crippen LogP contribution in [0.3, 0.4) is 0 Å². The van der Waals surface area contributed by atoms with Gasteiger partial charge in [0.15, 0.2) is 5.78 Å². The van der Waals surface area contributed by atoms with Crippen molar-refractivity contribution in [3.05, 3.63) is 41.5 Å². The molecule has 1 aliphatic heterocycles. The molecule has 0 bridgehead atoms. The van der Waals surface area contributed by atoms with Crippen LogP contribution in [-0.2, 0) is 9.53 Å². The van der Waals surface area contributed by atoms with Gasteiger partial charge < -0.3 is 25.4 Å². The average Bonchev–Trinajstić information content (AvgIpc) is 2.63. The molecule has 0 aliphatic carbocycles. The van der Waals surface area contributed by atoms with Gasteiger partial charge in [0.05, 0.1) is 6.10 Å². The Morgan fingerprint density at radius 3 is 2.52 bits per heavy atom. The third-order valence-corrected chi connectivity index (χ3v) is 4.57. The number of carbonyl (C=O) groups excluding carboxylic acids is 2. The molecule has 4 unspecified atom stereocenters. The summed E-state index contributed by atoms with van der Waals surface area (Å²) in [5.74, 6) is -1.85. The lowest BCUT2D eigenvalue weighted by molar-refractivity contribution is -0.127. The van der Waals surface area contributed by atoms with Crippen LogP contribution in [0.1, 0.15) is 36.2 Å². The Morgan fingerprint density at radius 1 is 1.15 bits per heavy atom. The van der Waals surface area contributed by atoms with E-state index < -0.39 is 30.1 Å². The monoisotopic (exact) mass is 375 g/mol. The number of hydrogen-bond acceptors (Lipinski definition) is 7. The number of esters is 1. The number of phenolic OH excluding ortho intramolecular Hbond substituents is 1. The van der Waals surface area contributed by atoms with Gasteiger partial charge in [0.1, 0.15) is 23.5 Å². The highest BCUT2D eigenvalue weighted by Gasteiger charge is 2.25. The first kappa shape index (κ1) is 20.7. The zero-order valence-corrected chi connectivity index (χ0v) is 15.5. The summed E-state index contributed by atoms with van der Waals surface area (Å²) in [6.07, 6.45) is 2.34. The van der Waals surface area contributed by atoms with E-state index in [1.54, 1.807) is 27.0 Å². The van der Waals surface area contributed by atoms with Crippen molar-refractivity contribution in [3.8, 4) is 5.75 Å². The van der Waals surface area contributed by atoms with E-state index in [2.05, 4.69) is 5.32 Å². The van der Waals surface area contributed by atoms with Crippen LogP contribution in [0.4, 0.5) is 5.69 Å². The van der Waals surface area contributed by atoms with Gasteiger partial charge in [-0.3, -0.25) is 4.79 Å². The van der Waals surface area contributed by atoms with Gasteiger partial charge in [0.2, 0.25) is 0 Å². The van der Waals surface area contributed by atoms with Crippen molar-refractivity contribution in [2.45, 2.75) is 38.6 Å². The Labute approximate surface area is 158 Å². The summed E-state index contributed by atoms with van der Waals surface area (Å²) in [5.41, 5.74) is 0.992. The Hall–Kier alpha value is -2.64. The van der Waals surface area contributed by atoms with E-state index in [1.807, 2.05) is 0 Å². The minimum Gasteiger partial charge on any atom is -0.507 e. The lowest BCUT2D eigenvalue weighted by Gasteiger charge is -2.20. The second-order valence-corrected chi connectivity index (χ2v) is 6.59. The summed E-state index contributed by atoms with van der Waals surface area (Å²) in [4.78, 5) is 24.6. The molecule has 2 rings (SSSR count). The number of aromatic hydroxyl groups is 1. The van der Waals surface area contributed by atoms with Crippen LogP contribution in [-0.4, -0.2) is 52.4 Å². The Bertz CT molecular complexity index is 770. The number of ether oxygens (including phenoxy) is 1. The van der Waals surface area contributed by atoms with E-state index in [-0.39, 0.29) is 23.7 Å². The molecule has 1 aromatic carbocycles. The van der Waals surface area contributed by atoms with Crippen LogP contribution in [0.25, 0.3) is 6.08 Å². The molecule has 4 N–H and O–H groups in total. The lowest BCUT2D eigenvalue weighted by Crippen LogP contribution is -2.32. The van der Waals surface area contributed by atoms with E-state index in [0.29, 0.717) is 11.3 Å². The fourth-order valence-corrected chi connectivity index (χ4v) is 2.64. The van der Waals surface area contributed by atoms with E-state index in [1.165, 1.54) is 30.4 Å². The number of fused-ring (bicyclic) bond motifs is 1. The minimum absolute atomic E-state index is 0.00820. The Kier molecular flexibility index (Phi) is 6.76. The first-order valence-corrected chi connectivity index (χ1v) is 8.75. The number of nitrogens with one attached hydrogen (secondary N) is 1.